The first kappa shape index (κ1) is 19.5. The van der Waals surface area contributed by atoms with Crippen LogP contribution in [0.3, 0.4) is 0 Å². The van der Waals surface area contributed by atoms with Crippen LogP contribution in [-0.4, -0.2) is 36.3 Å². The maximum absolute atomic E-state index is 12.8. The molecule has 0 bridgehead atoms. The Kier molecular flexibility index (Phi) is 6.26. The summed E-state index contributed by atoms with van der Waals surface area (Å²) in [5, 5.41) is 0. The average molecular weight is 344 g/mol. The third-order valence-electron chi connectivity index (χ3n) is 4.82. The van der Waals surface area contributed by atoms with Crippen LogP contribution < -0.4 is 4.90 Å². The minimum atomic E-state index is -0.215. The highest BCUT2D eigenvalue weighted by Crippen LogP contribution is 2.29. The average Bonchev–Trinajstić information content (AvgIpc) is 2.95. The van der Waals surface area contributed by atoms with Crippen molar-refractivity contribution in [2.24, 2.45) is 5.92 Å². The minimum Gasteiger partial charge on any atom is -0.342 e. The smallest absolute Gasteiger partial charge is 0.228 e. The molecular weight excluding hydrogens is 312 g/mol. The van der Waals surface area contributed by atoms with Gasteiger partial charge in [0.25, 0.3) is 0 Å². The number of anilines is 1. The SMILES string of the molecule is CCCN(CCC)C(=O)C1CC(=O)N(c2ccc(C(C)(C)C)cc2)C1. The first-order valence-electron chi connectivity index (χ1n) is 9.47. The lowest BCUT2D eigenvalue weighted by molar-refractivity contribution is -0.135. The predicted molar refractivity (Wildman–Crippen MR) is 103 cm³/mol. The molecule has 0 spiro atoms. The van der Waals surface area contributed by atoms with Gasteiger partial charge in [-0.2, -0.15) is 0 Å². The fraction of sp³-hybridized carbons (Fsp3) is 0.619. The van der Waals surface area contributed by atoms with Crippen LogP contribution in [0, 0.1) is 5.92 Å². The van der Waals surface area contributed by atoms with Gasteiger partial charge in [0.15, 0.2) is 0 Å². The van der Waals surface area contributed by atoms with Gasteiger partial charge in [-0.25, -0.2) is 0 Å². The van der Waals surface area contributed by atoms with Crippen molar-refractivity contribution in [2.75, 3.05) is 24.5 Å². The van der Waals surface area contributed by atoms with E-state index in [1.165, 1.54) is 5.56 Å². The summed E-state index contributed by atoms with van der Waals surface area (Å²) in [5.41, 5.74) is 2.23. The lowest BCUT2D eigenvalue weighted by atomic mass is 9.87. The van der Waals surface area contributed by atoms with E-state index in [9.17, 15) is 9.59 Å². The molecule has 4 nitrogen and oxygen atoms in total. The molecule has 1 unspecified atom stereocenters. The Morgan fingerprint density at radius 2 is 1.68 bits per heavy atom. The van der Waals surface area contributed by atoms with Crippen molar-refractivity contribution in [2.45, 2.75) is 59.3 Å². The van der Waals surface area contributed by atoms with Crippen LogP contribution in [0.1, 0.15) is 59.4 Å². The summed E-state index contributed by atoms with van der Waals surface area (Å²) in [6.45, 7) is 12.7. The Morgan fingerprint density at radius 3 is 2.16 bits per heavy atom. The third-order valence-corrected chi connectivity index (χ3v) is 4.82. The van der Waals surface area contributed by atoms with E-state index in [1.807, 2.05) is 17.0 Å². The molecule has 1 aromatic carbocycles. The van der Waals surface area contributed by atoms with E-state index in [1.54, 1.807) is 4.90 Å². The lowest BCUT2D eigenvalue weighted by Crippen LogP contribution is -2.38. The molecule has 1 atom stereocenters. The normalized spacial score (nSPS) is 17.9. The fourth-order valence-corrected chi connectivity index (χ4v) is 3.39. The molecule has 138 valence electrons. The van der Waals surface area contributed by atoms with E-state index in [2.05, 4.69) is 46.8 Å². The topological polar surface area (TPSA) is 40.6 Å². The van der Waals surface area contributed by atoms with Crippen LogP contribution >= 0.6 is 0 Å². The predicted octanol–water partition coefficient (Wildman–Crippen LogP) is 3.99. The van der Waals surface area contributed by atoms with E-state index in [0.29, 0.717) is 13.0 Å². The van der Waals surface area contributed by atoms with Crippen molar-refractivity contribution in [1.29, 1.82) is 0 Å². The van der Waals surface area contributed by atoms with Crippen LogP contribution in [0.15, 0.2) is 24.3 Å². The monoisotopic (exact) mass is 344 g/mol. The molecule has 1 aliphatic heterocycles. The highest BCUT2D eigenvalue weighted by atomic mass is 16.2. The summed E-state index contributed by atoms with van der Waals surface area (Å²) >= 11 is 0. The maximum Gasteiger partial charge on any atom is 0.228 e. The summed E-state index contributed by atoms with van der Waals surface area (Å²) in [7, 11) is 0. The van der Waals surface area contributed by atoms with Crippen molar-refractivity contribution >= 4 is 17.5 Å². The van der Waals surface area contributed by atoms with E-state index >= 15 is 0 Å². The second-order valence-electron chi connectivity index (χ2n) is 8.03. The number of benzene rings is 1. The molecule has 25 heavy (non-hydrogen) atoms. The first-order chi connectivity index (χ1) is 11.8. The summed E-state index contributed by atoms with van der Waals surface area (Å²) in [5.74, 6) is -0.0337. The molecule has 0 radical (unpaired) electrons. The highest BCUT2D eigenvalue weighted by Gasteiger charge is 2.36. The molecule has 2 amide bonds. The molecule has 1 aliphatic rings. The maximum atomic E-state index is 12.8. The lowest BCUT2D eigenvalue weighted by Gasteiger charge is -2.25. The van der Waals surface area contributed by atoms with Gasteiger partial charge in [-0.15, -0.1) is 0 Å². The molecule has 0 N–H and O–H groups in total. The van der Waals surface area contributed by atoms with Gasteiger partial charge < -0.3 is 9.80 Å². The van der Waals surface area contributed by atoms with Crippen molar-refractivity contribution in [3.05, 3.63) is 29.8 Å². The van der Waals surface area contributed by atoms with Gasteiger partial charge in [0.05, 0.1) is 5.92 Å². The molecule has 1 aromatic rings. The van der Waals surface area contributed by atoms with Crippen LogP contribution in [0.4, 0.5) is 5.69 Å². The highest BCUT2D eigenvalue weighted by molar-refractivity contribution is 6.00. The van der Waals surface area contributed by atoms with Crippen molar-refractivity contribution in [1.82, 2.24) is 4.90 Å². The van der Waals surface area contributed by atoms with E-state index in [0.717, 1.165) is 31.6 Å². The Morgan fingerprint density at radius 1 is 1.12 bits per heavy atom. The zero-order chi connectivity index (χ0) is 18.6. The van der Waals surface area contributed by atoms with Crippen molar-refractivity contribution in [3.8, 4) is 0 Å². The standard InChI is InChI=1S/C21H32N2O2/c1-6-12-22(13-7-2)20(25)16-14-19(24)23(15-16)18-10-8-17(9-11-18)21(3,4)5/h8-11,16H,6-7,12-15H2,1-5H3. The molecule has 0 aromatic heterocycles. The van der Waals surface area contributed by atoms with Gasteiger partial charge in [0.2, 0.25) is 11.8 Å². The molecule has 0 aliphatic carbocycles. The molecule has 4 heteroatoms. The first-order valence-corrected chi connectivity index (χ1v) is 9.47. The second-order valence-corrected chi connectivity index (χ2v) is 8.03. The zero-order valence-corrected chi connectivity index (χ0v) is 16.3. The number of nitrogens with zero attached hydrogens (tertiary/aromatic N) is 2. The molecule has 0 saturated carbocycles. The molecule has 2 rings (SSSR count). The molecular formula is C21H32N2O2. The van der Waals surface area contributed by atoms with Gasteiger partial charge in [0.1, 0.15) is 0 Å². The van der Waals surface area contributed by atoms with Crippen LogP contribution in [0.2, 0.25) is 0 Å². The number of rotatable bonds is 6. The largest absolute Gasteiger partial charge is 0.342 e. The fourth-order valence-electron chi connectivity index (χ4n) is 3.39. The summed E-state index contributed by atoms with van der Waals surface area (Å²) in [6, 6.07) is 8.17. The zero-order valence-electron chi connectivity index (χ0n) is 16.3. The third kappa shape index (κ3) is 4.62. The van der Waals surface area contributed by atoms with Crippen molar-refractivity contribution in [3.63, 3.8) is 0 Å². The molecule has 1 saturated heterocycles. The van der Waals surface area contributed by atoms with Gasteiger partial charge in [-0.3, -0.25) is 9.59 Å². The summed E-state index contributed by atoms with van der Waals surface area (Å²) < 4.78 is 0. The summed E-state index contributed by atoms with van der Waals surface area (Å²) in [6.07, 6.45) is 2.22. The van der Waals surface area contributed by atoms with Crippen LogP contribution in [0.25, 0.3) is 0 Å². The van der Waals surface area contributed by atoms with E-state index in [4.69, 9.17) is 0 Å². The van der Waals surface area contributed by atoms with Gasteiger partial charge in [0, 0.05) is 31.7 Å². The van der Waals surface area contributed by atoms with E-state index in [-0.39, 0.29) is 23.1 Å². The van der Waals surface area contributed by atoms with Crippen LogP contribution in [-0.2, 0) is 15.0 Å². The van der Waals surface area contributed by atoms with Crippen molar-refractivity contribution < 1.29 is 9.59 Å². The number of hydrogen-bond donors (Lipinski definition) is 0. The number of amides is 2. The Balaban J connectivity index is 2.10. The number of carbonyl (C=O) groups is 2. The Hall–Kier alpha value is -1.84. The van der Waals surface area contributed by atoms with E-state index < -0.39 is 0 Å². The number of hydrogen-bond acceptors (Lipinski definition) is 2. The number of carbonyl (C=O) groups excluding carboxylic acids is 2. The summed E-state index contributed by atoms with van der Waals surface area (Å²) in [4.78, 5) is 28.9. The quantitative estimate of drug-likeness (QED) is 0.783. The second kappa shape index (κ2) is 8.03. The minimum absolute atomic E-state index is 0.0507. The molecule has 1 fully saturated rings. The Bertz CT molecular complexity index is 595. The van der Waals surface area contributed by atoms with Gasteiger partial charge >= 0.3 is 0 Å². The molecule has 1 heterocycles. The van der Waals surface area contributed by atoms with Gasteiger partial charge in [-0.05, 0) is 36.0 Å². The van der Waals surface area contributed by atoms with Crippen LogP contribution in [0.5, 0.6) is 0 Å². The van der Waals surface area contributed by atoms with Gasteiger partial charge in [-0.1, -0.05) is 46.8 Å². The Labute approximate surface area is 152 Å².